The number of nitrogens with one attached hydrogen (secondary N) is 3. The number of hydrogen-bond acceptors (Lipinski definition) is 7. The van der Waals surface area contributed by atoms with Crippen molar-refractivity contribution in [2.75, 3.05) is 15.4 Å². The second-order valence-corrected chi connectivity index (χ2v) is 9.57. The summed E-state index contributed by atoms with van der Waals surface area (Å²) in [4.78, 5) is 23.1. The Labute approximate surface area is 183 Å². The number of thiophene rings is 1. The zero-order chi connectivity index (χ0) is 22.6. The van der Waals surface area contributed by atoms with Gasteiger partial charge in [0.25, 0.3) is 10.0 Å². The van der Waals surface area contributed by atoms with Crippen LogP contribution in [0, 0.1) is 6.92 Å². The van der Waals surface area contributed by atoms with Crippen LogP contribution < -0.4 is 15.4 Å². The predicted molar refractivity (Wildman–Crippen MR) is 120 cm³/mol. The first-order valence-electron chi connectivity index (χ1n) is 9.06. The van der Waals surface area contributed by atoms with Gasteiger partial charge in [0, 0.05) is 30.1 Å². The molecule has 0 saturated carbocycles. The third kappa shape index (κ3) is 5.80. The van der Waals surface area contributed by atoms with Gasteiger partial charge in [0.15, 0.2) is 5.76 Å². The van der Waals surface area contributed by atoms with Gasteiger partial charge in [-0.25, -0.2) is 8.42 Å². The van der Waals surface area contributed by atoms with Crippen molar-refractivity contribution in [3.63, 3.8) is 0 Å². The number of nitrogens with zero attached hydrogens (tertiary/aromatic N) is 1. The van der Waals surface area contributed by atoms with Gasteiger partial charge in [-0.1, -0.05) is 5.16 Å². The van der Waals surface area contributed by atoms with Crippen LogP contribution in [-0.4, -0.2) is 25.4 Å². The molecule has 11 heteroatoms. The largest absolute Gasteiger partial charge is 0.354 e. The molecule has 0 aliphatic rings. The summed E-state index contributed by atoms with van der Waals surface area (Å²) in [5, 5.41) is 9.10. The highest BCUT2D eigenvalue weighted by Crippen LogP contribution is 2.28. The molecular weight excluding hydrogens is 440 g/mol. The van der Waals surface area contributed by atoms with E-state index in [-0.39, 0.29) is 16.0 Å². The van der Waals surface area contributed by atoms with Gasteiger partial charge in [-0.15, -0.1) is 11.3 Å². The average molecular weight is 461 g/mol. The molecule has 0 atom stereocenters. The molecular formula is C20H20N4O5S2. The van der Waals surface area contributed by atoms with Crippen LogP contribution >= 0.6 is 11.3 Å². The summed E-state index contributed by atoms with van der Waals surface area (Å²) in [6, 6.07) is 9.50. The molecule has 0 saturated heterocycles. The normalized spacial score (nSPS) is 11.5. The Morgan fingerprint density at radius 2 is 1.61 bits per heavy atom. The molecule has 0 fully saturated rings. The number of aromatic nitrogens is 1. The fraction of sp³-hybridized carbons (Fsp3) is 0.150. The SMILES string of the molecule is CC(=O)Nc1ccc(NS(=O)(=O)c2ccc(C=Cc3onc(C)c3NC(C)=O)s2)cc1. The van der Waals surface area contributed by atoms with Crippen LogP contribution in [0.3, 0.4) is 0 Å². The zero-order valence-electron chi connectivity index (χ0n) is 16.9. The number of hydrogen-bond donors (Lipinski definition) is 3. The van der Waals surface area contributed by atoms with E-state index >= 15 is 0 Å². The van der Waals surface area contributed by atoms with Gasteiger partial charge < -0.3 is 15.2 Å². The molecule has 0 aliphatic heterocycles. The van der Waals surface area contributed by atoms with Crippen LogP contribution in [0.4, 0.5) is 17.1 Å². The summed E-state index contributed by atoms with van der Waals surface area (Å²) in [6.45, 7) is 4.48. The van der Waals surface area contributed by atoms with E-state index < -0.39 is 10.0 Å². The monoisotopic (exact) mass is 460 g/mol. The van der Waals surface area contributed by atoms with Crippen molar-refractivity contribution in [2.45, 2.75) is 25.0 Å². The molecule has 2 heterocycles. The first-order valence-corrected chi connectivity index (χ1v) is 11.4. The van der Waals surface area contributed by atoms with Crippen LogP contribution in [0.15, 0.2) is 45.1 Å². The van der Waals surface area contributed by atoms with E-state index in [9.17, 15) is 18.0 Å². The van der Waals surface area contributed by atoms with E-state index in [0.29, 0.717) is 33.4 Å². The molecule has 0 unspecified atom stereocenters. The van der Waals surface area contributed by atoms with Crippen LogP contribution in [0.1, 0.15) is 30.2 Å². The number of carbonyl (C=O) groups is 2. The van der Waals surface area contributed by atoms with E-state index in [4.69, 9.17) is 4.52 Å². The Kier molecular flexibility index (Phi) is 6.56. The molecule has 3 aromatic rings. The highest BCUT2D eigenvalue weighted by atomic mass is 32.2. The van der Waals surface area contributed by atoms with Crippen molar-refractivity contribution >= 4 is 62.4 Å². The Morgan fingerprint density at radius 3 is 2.26 bits per heavy atom. The minimum absolute atomic E-state index is 0.133. The smallest absolute Gasteiger partial charge is 0.271 e. The number of benzene rings is 1. The maximum Gasteiger partial charge on any atom is 0.271 e. The summed E-state index contributed by atoms with van der Waals surface area (Å²) in [5.41, 5.74) is 1.95. The van der Waals surface area contributed by atoms with Gasteiger partial charge in [-0.05, 0) is 55.5 Å². The Hall–Kier alpha value is -3.44. The lowest BCUT2D eigenvalue weighted by atomic mass is 10.2. The molecule has 3 N–H and O–H groups in total. The highest BCUT2D eigenvalue weighted by molar-refractivity contribution is 7.94. The van der Waals surface area contributed by atoms with Crippen molar-refractivity contribution < 1.29 is 22.5 Å². The minimum atomic E-state index is -3.78. The van der Waals surface area contributed by atoms with Gasteiger partial charge >= 0.3 is 0 Å². The molecule has 1 aromatic carbocycles. The van der Waals surface area contributed by atoms with E-state index in [0.717, 1.165) is 11.3 Å². The van der Waals surface area contributed by atoms with Gasteiger partial charge in [0.05, 0.1) is 0 Å². The molecule has 0 aliphatic carbocycles. The van der Waals surface area contributed by atoms with Crippen LogP contribution in [0.25, 0.3) is 12.2 Å². The standard InChI is InChI=1S/C20H20N4O5S2/c1-12-20(22-14(3)26)18(29-23-12)10-8-17-9-11-19(30-17)31(27,28)24-16-6-4-15(5-7-16)21-13(2)25/h4-11,24H,1-3H3,(H,21,25)(H,22,26). The van der Waals surface area contributed by atoms with Crippen molar-refractivity contribution in [1.29, 1.82) is 0 Å². The van der Waals surface area contributed by atoms with Crippen molar-refractivity contribution in [2.24, 2.45) is 0 Å². The van der Waals surface area contributed by atoms with Crippen molar-refractivity contribution in [1.82, 2.24) is 5.16 Å². The van der Waals surface area contributed by atoms with Gasteiger partial charge in [-0.3, -0.25) is 14.3 Å². The third-order valence-corrected chi connectivity index (χ3v) is 6.84. The molecule has 0 radical (unpaired) electrons. The Bertz CT molecular complexity index is 1240. The average Bonchev–Trinajstić information content (AvgIpc) is 3.29. The second kappa shape index (κ2) is 9.14. The van der Waals surface area contributed by atoms with Crippen molar-refractivity contribution in [3.8, 4) is 0 Å². The summed E-state index contributed by atoms with van der Waals surface area (Å²) >= 11 is 1.07. The fourth-order valence-electron chi connectivity index (χ4n) is 2.59. The van der Waals surface area contributed by atoms with E-state index in [2.05, 4.69) is 20.5 Å². The van der Waals surface area contributed by atoms with E-state index in [1.165, 1.54) is 19.9 Å². The molecule has 3 rings (SSSR count). The van der Waals surface area contributed by atoms with Crippen molar-refractivity contribution in [3.05, 3.63) is 52.7 Å². The fourth-order valence-corrected chi connectivity index (χ4v) is 4.87. The summed E-state index contributed by atoms with van der Waals surface area (Å²) in [7, 11) is -3.78. The van der Waals surface area contributed by atoms with E-state index in [1.807, 2.05) is 0 Å². The molecule has 31 heavy (non-hydrogen) atoms. The topological polar surface area (TPSA) is 130 Å². The third-order valence-electron chi connectivity index (χ3n) is 3.91. The predicted octanol–water partition coefficient (Wildman–Crippen LogP) is 3.93. The summed E-state index contributed by atoms with van der Waals surface area (Å²) in [6.07, 6.45) is 3.29. The number of carbonyl (C=O) groups excluding carboxylic acids is 2. The minimum Gasteiger partial charge on any atom is -0.354 e. The zero-order valence-corrected chi connectivity index (χ0v) is 18.6. The maximum absolute atomic E-state index is 12.7. The van der Waals surface area contributed by atoms with Gasteiger partial charge in [0.2, 0.25) is 11.8 Å². The summed E-state index contributed by atoms with van der Waals surface area (Å²) in [5.74, 6) is -0.0956. The number of anilines is 3. The molecule has 0 spiro atoms. The first kappa shape index (κ1) is 22.2. The lowest BCUT2D eigenvalue weighted by Gasteiger charge is -2.07. The molecule has 162 valence electrons. The lowest BCUT2D eigenvalue weighted by Crippen LogP contribution is -2.11. The first-order chi connectivity index (χ1) is 14.6. The Balaban J connectivity index is 1.73. The maximum atomic E-state index is 12.7. The molecule has 9 nitrogen and oxygen atoms in total. The quantitative estimate of drug-likeness (QED) is 0.490. The van der Waals surface area contributed by atoms with E-state index in [1.54, 1.807) is 49.4 Å². The second-order valence-electron chi connectivity index (χ2n) is 6.54. The number of sulfonamides is 1. The molecule has 2 amide bonds. The molecule has 2 aromatic heterocycles. The number of aryl methyl sites for hydroxylation is 1. The van der Waals surface area contributed by atoms with Crippen LogP contribution in [0.5, 0.6) is 0 Å². The van der Waals surface area contributed by atoms with Crippen LogP contribution in [-0.2, 0) is 19.6 Å². The van der Waals surface area contributed by atoms with Gasteiger partial charge in [0.1, 0.15) is 15.6 Å². The summed E-state index contributed by atoms with van der Waals surface area (Å²) < 4.78 is 33.2. The van der Waals surface area contributed by atoms with Gasteiger partial charge in [-0.2, -0.15) is 0 Å². The molecule has 0 bridgehead atoms. The highest BCUT2D eigenvalue weighted by Gasteiger charge is 2.17. The van der Waals surface area contributed by atoms with Crippen LogP contribution in [0.2, 0.25) is 0 Å². The number of rotatable bonds is 7. The lowest BCUT2D eigenvalue weighted by molar-refractivity contribution is -0.115. The number of amides is 2. The Morgan fingerprint density at radius 1 is 0.968 bits per heavy atom.